The number of carbonyl (C=O) groups is 2. The first-order valence-electron chi connectivity index (χ1n) is 12.8. The lowest BCUT2D eigenvalue weighted by Crippen LogP contribution is -2.15. The van der Waals surface area contributed by atoms with Gasteiger partial charge in [-0.1, -0.05) is 58.8 Å². The molecule has 2 aromatic carbocycles. The molecule has 1 atom stereocenters. The average molecular weight is 469 g/mol. The quantitative estimate of drug-likeness (QED) is 0.143. The van der Waals surface area contributed by atoms with Crippen LogP contribution in [0.15, 0.2) is 48.5 Å². The number of hydrogen-bond donors (Lipinski definition) is 0. The molecule has 0 aliphatic heterocycles. The lowest BCUT2D eigenvalue weighted by atomic mass is 10.1. The first-order valence-corrected chi connectivity index (χ1v) is 12.8. The third-order valence-corrected chi connectivity index (χ3v) is 5.68. The van der Waals surface area contributed by atoms with E-state index in [9.17, 15) is 9.59 Å². The summed E-state index contributed by atoms with van der Waals surface area (Å²) >= 11 is 0. The molecule has 0 saturated heterocycles. The van der Waals surface area contributed by atoms with Crippen molar-refractivity contribution >= 4 is 11.9 Å². The van der Waals surface area contributed by atoms with Crippen molar-refractivity contribution in [2.24, 2.45) is 0 Å². The topological polar surface area (TPSA) is 61.8 Å². The van der Waals surface area contributed by atoms with Crippen molar-refractivity contribution in [3.05, 3.63) is 59.7 Å². The molecule has 0 aliphatic carbocycles. The molecule has 0 spiro atoms. The number of benzene rings is 2. The second-order valence-electron chi connectivity index (χ2n) is 8.77. The highest BCUT2D eigenvalue weighted by Crippen LogP contribution is 2.18. The van der Waals surface area contributed by atoms with Gasteiger partial charge in [-0.3, -0.25) is 0 Å². The van der Waals surface area contributed by atoms with E-state index in [4.69, 9.17) is 14.2 Å². The molecule has 2 aromatic rings. The summed E-state index contributed by atoms with van der Waals surface area (Å²) in [4.78, 5) is 24.8. The molecule has 34 heavy (non-hydrogen) atoms. The lowest BCUT2D eigenvalue weighted by molar-refractivity contribution is 0.0319. The molecule has 0 saturated carbocycles. The van der Waals surface area contributed by atoms with Crippen LogP contribution in [0.1, 0.15) is 106 Å². The first-order chi connectivity index (χ1) is 16.5. The van der Waals surface area contributed by atoms with Crippen LogP contribution >= 0.6 is 0 Å². The normalized spacial score (nSPS) is 11.6. The molecule has 5 nitrogen and oxygen atoms in total. The summed E-state index contributed by atoms with van der Waals surface area (Å²) in [6.45, 7) is 6.98. The fourth-order valence-electron chi connectivity index (χ4n) is 3.58. The van der Waals surface area contributed by atoms with Gasteiger partial charge in [0.05, 0.1) is 23.8 Å². The van der Waals surface area contributed by atoms with Gasteiger partial charge in [-0.15, -0.1) is 0 Å². The van der Waals surface area contributed by atoms with Gasteiger partial charge in [0.15, 0.2) is 0 Å². The van der Waals surface area contributed by atoms with Crippen LogP contribution in [-0.4, -0.2) is 24.6 Å². The third kappa shape index (κ3) is 10.4. The second kappa shape index (κ2) is 15.9. The van der Waals surface area contributed by atoms with E-state index in [2.05, 4.69) is 13.8 Å². The Morgan fingerprint density at radius 3 is 1.82 bits per heavy atom. The lowest BCUT2D eigenvalue weighted by Gasteiger charge is -2.13. The van der Waals surface area contributed by atoms with Crippen molar-refractivity contribution < 1.29 is 23.8 Å². The van der Waals surface area contributed by atoms with Crippen LogP contribution < -0.4 is 9.47 Å². The van der Waals surface area contributed by atoms with E-state index >= 15 is 0 Å². The van der Waals surface area contributed by atoms with Gasteiger partial charge in [0.2, 0.25) is 0 Å². The molecule has 0 fully saturated rings. The number of ether oxygens (including phenoxy) is 3. The SMILES string of the molecule is CCCCCCCC(C)OC(=O)c1ccc(OC(=O)c2ccc(OCCCCCC)cc2)cc1. The van der Waals surface area contributed by atoms with Gasteiger partial charge in [-0.05, 0) is 74.7 Å². The molecule has 5 heteroatoms. The number of hydrogen-bond acceptors (Lipinski definition) is 5. The maximum absolute atomic E-state index is 12.4. The van der Waals surface area contributed by atoms with Crippen LogP contribution in [0, 0.1) is 0 Å². The fourth-order valence-corrected chi connectivity index (χ4v) is 3.58. The molecular formula is C29H40O5. The third-order valence-electron chi connectivity index (χ3n) is 5.68. The number of unbranched alkanes of at least 4 members (excludes halogenated alkanes) is 7. The highest BCUT2D eigenvalue weighted by atomic mass is 16.5. The molecule has 0 radical (unpaired) electrons. The van der Waals surface area contributed by atoms with E-state index < -0.39 is 5.97 Å². The molecule has 0 aliphatic rings. The molecule has 2 rings (SSSR count). The van der Waals surface area contributed by atoms with Crippen molar-refractivity contribution in [3.8, 4) is 11.5 Å². The minimum absolute atomic E-state index is 0.116. The van der Waals surface area contributed by atoms with E-state index in [1.54, 1.807) is 48.5 Å². The van der Waals surface area contributed by atoms with Crippen LogP contribution in [0.25, 0.3) is 0 Å². The molecular weight excluding hydrogens is 428 g/mol. The predicted octanol–water partition coefficient (Wildman–Crippen LogP) is 7.77. The zero-order valence-corrected chi connectivity index (χ0v) is 21.0. The molecule has 0 aromatic heterocycles. The zero-order valence-electron chi connectivity index (χ0n) is 21.0. The van der Waals surface area contributed by atoms with Gasteiger partial charge in [0, 0.05) is 0 Å². The predicted molar refractivity (Wildman–Crippen MR) is 136 cm³/mol. The van der Waals surface area contributed by atoms with E-state index in [-0.39, 0.29) is 12.1 Å². The Labute approximate surface area is 204 Å². The van der Waals surface area contributed by atoms with Crippen LogP contribution in [0.2, 0.25) is 0 Å². The Hall–Kier alpha value is -2.82. The maximum atomic E-state index is 12.4. The van der Waals surface area contributed by atoms with Crippen molar-refractivity contribution in [2.45, 2.75) is 91.1 Å². The highest BCUT2D eigenvalue weighted by Gasteiger charge is 2.13. The summed E-state index contributed by atoms with van der Waals surface area (Å²) in [7, 11) is 0. The average Bonchev–Trinajstić information content (AvgIpc) is 2.84. The van der Waals surface area contributed by atoms with E-state index in [1.807, 2.05) is 6.92 Å². The summed E-state index contributed by atoms with van der Waals surface area (Å²) < 4.78 is 16.7. The summed E-state index contributed by atoms with van der Waals surface area (Å²) in [6.07, 6.45) is 11.3. The molecule has 0 amide bonds. The van der Waals surface area contributed by atoms with Crippen LogP contribution in [-0.2, 0) is 4.74 Å². The van der Waals surface area contributed by atoms with Crippen molar-refractivity contribution in [3.63, 3.8) is 0 Å². The van der Waals surface area contributed by atoms with Gasteiger partial charge < -0.3 is 14.2 Å². The summed E-state index contributed by atoms with van der Waals surface area (Å²) in [5.74, 6) is 0.304. The molecule has 0 bridgehead atoms. The van der Waals surface area contributed by atoms with Crippen LogP contribution in [0.4, 0.5) is 0 Å². The Bertz CT molecular complexity index is 842. The van der Waals surface area contributed by atoms with E-state index in [0.29, 0.717) is 23.5 Å². The maximum Gasteiger partial charge on any atom is 0.343 e. The number of esters is 2. The minimum Gasteiger partial charge on any atom is -0.494 e. The second-order valence-corrected chi connectivity index (χ2v) is 8.77. The molecule has 0 N–H and O–H groups in total. The van der Waals surface area contributed by atoms with Crippen LogP contribution in [0.5, 0.6) is 11.5 Å². The number of carbonyl (C=O) groups excluding carboxylic acids is 2. The minimum atomic E-state index is -0.457. The van der Waals surface area contributed by atoms with Gasteiger partial charge in [0.1, 0.15) is 11.5 Å². The van der Waals surface area contributed by atoms with Gasteiger partial charge in [-0.25, -0.2) is 9.59 Å². The smallest absolute Gasteiger partial charge is 0.343 e. The summed E-state index contributed by atoms with van der Waals surface area (Å²) in [5.41, 5.74) is 0.882. The summed E-state index contributed by atoms with van der Waals surface area (Å²) in [6, 6.07) is 13.4. The standard InChI is InChI=1S/C29H40O5/c1-4-6-8-10-11-13-23(3)33-28(30)24-16-20-27(21-17-24)34-29(31)25-14-18-26(19-15-25)32-22-12-9-7-5-2/h14-21,23H,4-13,22H2,1-3H3. The van der Waals surface area contributed by atoms with Gasteiger partial charge >= 0.3 is 11.9 Å². The van der Waals surface area contributed by atoms with Gasteiger partial charge in [0.25, 0.3) is 0 Å². The first kappa shape index (κ1) is 27.4. The Kier molecular flexibility index (Phi) is 12.8. The zero-order chi connectivity index (χ0) is 24.6. The Morgan fingerprint density at radius 1 is 0.676 bits per heavy atom. The Morgan fingerprint density at radius 2 is 1.21 bits per heavy atom. The number of rotatable bonds is 16. The Balaban J connectivity index is 1.76. The summed E-state index contributed by atoms with van der Waals surface area (Å²) in [5, 5.41) is 0. The fraction of sp³-hybridized carbons (Fsp3) is 0.517. The monoisotopic (exact) mass is 468 g/mol. The molecule has 186 valence electrons. The van der Waals surface area contributed by atoms with Crippen molar-refractivity contribution in [2.75, 3.05) is 6.61 Å². The highest BCUT2D eigenvalue weighted by molar-refractivity contribution is 5.92. The molecule has 0 heterocycles. The van der Waals surface area contributed by atoms with Crippen molar-refractivity contribution in [1.29, 1.82) is 0 Å². The van der Waals surface area contributed by atoms with E-state index in [0.717, 1.165) is 31.4 Å². The van der Waals surface area contributed by atoms with Crippen LogP contribution in [0.3, 0.4) is 0 Å². The largest absolute Gasteiger partial charge is 0.494 e. The molecule has 1 unspecified atom stereocenters. The van der Waals surface area contributed by atoms with Gasteiger partial charge in [-0.2, -0.15) is 0 Å². The van der Waals surface area contributed by atoms with Crippen molar-refractivity contribution in [1.82, 2.24) is 0 Å². The van der Waals surface area contributed by atoms with E-state index in [1.165, 1.54) is 38.5 Å².